The Labute approximate surface area is 93.8 Å². The van der Waals surface area contributed by atoms with Crippen LogP contribution in [0.5, 0.6) is 0 Å². The molecule has 0 spiro atoms. The summed E-state index contributed by atoms with van der Waals surface area (Å²) in [5.41, 5.74) is 4.97. The van der Waals surface area contributed by atoms with Gasteiger partial charge in [0.15, 0.2) is 0 Å². The van der Waals surface area contributed by atoms with Crippen LogP contribution in [-0.2, 0) is 12.8 Å². The molecule has 0 radical (unpaired) electrons. The monoisotopic (exact) mass is 250 g/mol. The van der Waals surface area contributed by atoms with Crippen LogP contribution in [0.2, 0.25) is 0 Å². The molecule has 1 aromatic carbocycles. The van der Waals surface area contributed by atoms with E-state index in [2.05, 4.69) is 28.1 Å². The van der Waals surface area contributed by atoms with Crippen molar-refractivity contribution in [3.8, 4) is 0 Å². The zero-order chi connectivity index (χ0) is 9.54. The number of rotatable bonds is 1. The molecule has 0 aromatic heterocycles. The maximum absolute atomic E-state index is 3.72. The fourth-order valence-electron chi connectivity index (χ4n) is 2.64. The van der Waals surface area contributed by atoms with Gasteiger partial charge in [-0.2, -0.15) is 0 Å². The minimum absolute atomic E-state index is 0.887. The van der Waals surface area contributed by atoms with Crippen molar-refractivity contribution in [2.24, 2.45) is 0 Å². The van der Waals surface area contributed by atoms with Gasteiger partial charge < -0.3 is 0 Å². The van der Waals surface area contributed by atoms with E-state index in [1.54, 1.807) is 16.7 Å². The van der Waals surface area contributed by atoms with Crippen molar-refractivity contribution in [2.45, 2.75) is 44.4 Å². The molecule has 0 saturated heterocycles. The summed E-state index contributed by atoms with van der Waals surface area (Å²) in [6.07, 6.45) is 8.23. The van der Waals surface area contributed by atoms with Crippen LogP contribution < -0.4 is 0 Å². The second kappa shape index (κ2) is 3.37. The van der Waals surface area contributed by atoms with E-state index in [9.17, 15) is 0 Å². The van der Waals surface area contributed by atoms with Crippen molar-refractivity contribution < 1.29 is 0 Å². The number of benzene rings is 1. The molecule has 3 rings (SSSR count). The summed E-state index contributed by atoms with van der Waals surface area (Å²) in [7, 11) is 0. The van der Waals surface area contributed by atoms with E-state index in [1.165, 1.54) is 43.0 Å². The quantitative estimate of drug-likeness (QED) is 0.701. The molecular formula is C13H15Br. The van der Waals surface area contributed by atoms with Gasteiger partial charge in [0.05, 0.1) is 0 Å². The molecule has 0 amide bonds. The molecule has 1 heteroatoms. The number of fused-ring (bicyclic) bond motifs is 1. The number of aryl methyl sites for hydroxylation is 1. The van der Waals surface area contributed by atoms with Crippen molar-refractivity contribution >= 4 is 15.9 Å². The molecule has 0 heterocycles. The molecule has 0 atom stereocenters. The van der Waals surface area contributed by atoms with E-state index < -0.39 is 0 Å². The Hall–Kier alpha value is -0.300. The highest BCUT2D eigenvalue weighted by atomic mass is 79.9. The lowest BCUT2D eigenvalue weighted by molar-refractivity contribution is 0.677. The summed E-state index contributed by atoms with van der Waals surface area (Å²) >= 11 is 3.72. The Morgan fingerprint density at radius 2 is 1.86 bits per heavy atom. The zero-order valence-electron chi connectivity index (χ0n) is 8.35. The normalized spacial score (nSPS) is 20.6. The third kappa shape index (κ3) is 1.42. The van der Waals surface area contributed by atoms with Crippen molar-refractivity contribution in [3.63, 3.8) is 0 Å². The molecule has 0 nitrogen and oxygen atoms in total. The maximum Gasteiger partial charge on any atom is 0.0213 e. The van der Waals surface area contributed by atoms with Crippen LogP contribution in [0.4, 0.5) is 0 Å². The highest BCUT2D eigenvalue weighted by Crippen LogP contribution is 2.46. The van der Waals surface area contributed by atoms with Gasteiger partial charge >= 0.3 is 0 Å². The second-order valence-electron chi connectivity index (χ2n) is 4.58. The molecule has 1 saturated carbocycles. The van der Waals surface area contributed by atoms with E-state index in [1.807, 2.05) is 0 Å². The predicted octanol–water partition coefficient (Wildman–Crippen LogP) is 4.21. The van der Waals surface area contributed by atoms with Crippen molar-refractivity contribution in [3.05, 3.63) is 33.3 Å². The Bertz CT molecular complexity index is 364. The van der Waals surface area contributed by atoms with Crippen LogP contribution in [0.15, 0.2) is 16.6 Å². The van der Waals surface area contributed by atoms with E-state index in [4.69, 9.17) is 0 Å². The largest absolute Gasteiger partial charge is 0.0576 e. The zero-order valence-corrected chi connectivity index (χ0v) is 9.94. The van der Waals surface area contributed by atoms with E-state index in [0.717, 1.165) is 5.92 Å². The summed E-state index contributed by atoms with van der Waals surface area (Å²) in [4.78, 5) is 0. The summed E-state index contributed by atoms with van der Waals surface area (Å²) in [6.45, 7) is 0. The lowest BCUT2D eigenvalue weighted by Gasteiger charge is -2.20. The van der Waals surface area contributed by atoms with Crippen LogP contribution in [0, 0.1) is 0 Å². The van der Waals surface area contributed by atoms with Gasteiger partial charge in [0, 0.05) is 4.47 Å². The van der Waals surface area contributed by atoms with Crippen molar-refractivity contribution in [1.82, 2.24) is 0 Å². The molecule has 2 aliphatic rings. The molecule has 74 valence electrons. The van der Waals surface area contributed by atoms with E-state index in [-0.39, 0.29) is 0 Å². The minimum Gasteiger partial charge on any atom is -0.0576 e. The van der Waals surface area contributed by atoms with Gasteiger partial charge in [0.2, 0.25) is 0 Å². The first kappa shape index (κ1) is 8.96. The minimum atomic E-state index is 0.887. The predicted molar refractivity (Wildman–Crippen MR) is 62.8 cm³/mol. The van der Waals surface area contributed by atoms with Gasteiger partial charge in [-0.15, -0.1) is 0 Å². The molecule has 14 heavy (non-hydrogen) atoms. The molecule has 2 aliphatic carbocycles. The highest BCUT2D eigenvalue weighted by Gasteiger charge is 2.29. The van der Waals surface area contributed by atoms with Gasteiger partial charge in [0.25, 0.3) is 0 Å². The van der Waals surface area contributed by atoms with Gasteiger partial charge in [-0.3, -0.25) is 0 Å². The van der Waals surface area contributed by atoms with Crippen LogP contribution >= 0.6 is 15.9 Å². The topological polar surface area (TPSA) is 0 Å². The molecule has 1 fully saturated rings. The molecule has 0 bridgehead atoms. The lowest BCUT2D eigenvalue weighted by atomic mass is 9.87. The van der Waals surface area contributed by atoms with Crippen LogP contribution in [0.1, 0.15) is 48.3 Å². The second-order valence-corrected chi connectivity index (χ2v) is 5.43. The van der Waals surface area contributed by atoms with Gasteiger partial charge in [0.1, 0.15) is 0 Å². The smallest absolute Gasteiger partial charge is 0.0213 e. The summed E-state index contributed by atoms with van der Waals surface area (Å²) in [5.74, 6) is 0.887. The van der Waals surface area contributed by atoms with Gasteiger partial charge in [-0.05, 0) is 67.2 Å². The Kier molecular flexibility index (Phi) is 2.16. The Balaban J connectivity index is 2.14. The first-order valence-corrected chi connectivity index (χ1v) is 6.45. The maximum atomic E-state index is 3.72. The standard InChI is InChI=1S/C13H15Br/c14-12-8-7-9-3-1-2-4-11(9)13(12)10-5-6-10/h7-8,10H,1-6H2. The highest BCUT2D eigenvalue weighted by molar-refractivity contribution is 9.10. The molecule has 1 aromatic rings. The average molecular weight is 251 g/mol. The summed E-state index contributed by atoms with van der Waals surface area (Å²) in [6, 6.07) is 4.59. The van der Waals surface area contributed by atoms with Crippen LogP contribution in [-0.4, -0.2) is 0 Å². The fourth-order valence-corrected chi connectivity index (χ4v) is 3.34. The molecule has 0 N–H and O–H groups in total. The van der Waals surface area contributed by atoms with Gasteiger partial charge in [-0.1, -0.05) is 22.0 Å². The number of hydrogen-bond donors (Lipinski definition) is 0. The van der Waals surface area contributed by atoms with Crippen LogP contribution in [0.3, 0.4) is 0 Å². The number of halogens is 1. The third-order valence-electron chi connectivity index (χ3n) is 3.51. The van der Waals surface area contributed by atoms with Crippen LogP contribution in [0.25, 0.3) is 0 Å². The Morgan fingerprint density at radius 3 is 2.64 bits per heavy atom. The number of hydrogen-bond acceptors (Lipinski definition) is 0. The molecular weight excluding hydrogens is 236 g/mol. The Morgan fingerprint density at radius 1 is 1.07 bits per heavy atom. The van der Waals surface area contributed by atoms with Crippen molar-refractivity contribution in [1.29, 1.82) is 0 Å². The van der Waals surface area contributed by atoms with Crippen molar-refractivity contribution in [2.75, 3.05) is 0 Å². The van der Waals surface area contributed by atoms with E-state index in [0.29, 0.717) is 0 Å². The molecule has 0 unspecified atom stereocenters. The summed E-state index contributed by atoms with van der Waals surface area (Å²) < 4.78 is 1.36. The molecule has 0 aliphatic heterocycles. The first-order chi connectivity index (χ1) is 6.86. The summed E-state index contributed by atoms with van der Waals surface area (Å²) in [5, 5.41) is 0. The van der Waals surface area contributed by atoms with Gasteiger partial charge in [-0.25, -0.2) is 0 Å². The lowest BCUT2D eigenvalue weighted by Crippen LogP contribution is -2.06. The average Bonchev–Trinajstić information content (AvgIpc) is 3.01. The SMILES string of the molecule is Brc1ccc2c(c1C1CC1)CCCC2. The van der Waals surface area contributed by atoms with E-state index >= 15 is 0 Å². The third-order valence-corrected chi connectivity index (χ3v) is 4.20. The fraction of sp³-hybridized carbons (Fsp3) is 0.538. The first-order valence-electron chi connectivity index (χ1n) is 5.66.